The second-order valence-electron chi connectivity index (χ2n) is 10.7. The van der Waals surface area contributed by atoms with Gasteiger partial charge in [0.05, 0.1) is 18.8 Å². The Balaban J connectivity index is 1.52. The van der Waals surface area contributed by atoms with Crippen molar-refractivity contribution in [3.05, 3.63) is 99.9 Å². The zero-order chi connectivity index (χ0) is 30.0. The summed E-state index contributed by atoms with van der Waals surface area (Å²) in [6, 6.07) is 12.9. The van der Waals surface area contributed by atoms with Crippen LogP contribution in [0.4, 0.5) is 17.6 Å². The first kappa shape index (κ1) is 29.3. The average Bonchev–Trinajstić information content (AvgIpc) is 3.31. The number of halogens is 4. The number of carbonyl (C=O) groups is 1. The van der Waals surface area contributed by atoms with E-state index in [4.69, 9.17) is 4.74 Å². The summed E-state index contributed by atoms with van der Waals surface area (Å²) in [5.74, 6) is -0.214. The summed E-state index contributed by atoms with van der Waals surface area (Å²) in [4.78, 5) is 18.1. The number of amides is 1. The van der Waals surface area contributed by atoms with Crippen molar-refractivity contribution in [3.8, 4) is 16.9 Å². The minimum Gasteiger partial charge on any atom is -0.497 e. The number of nitrogens with one attached hydrogen (secondary N) is 1. The topological polar surface area (TPSA) is 69.0 Å². The highest BCUT2D eigenvalue weighted by molar-refractivity contribution is 5.78. The second kappa shape index (κ2) is 12.0. The van der Waals surface area contributed by atoms with Crippen molar-refractivity contribution in [2.45, 2.75) is 64.7 Å². The molecule has 1 aliphatic carbocycles. The molecule has 1 unspecified atom stereocenters. The molecule has 1 amide bonds. The van der Waals surface area contributed by atoms with Crippen LogP contribution in [0.1, 0.15) is 58.2 Å². The van der Waals surface area contributed by atoms with E-state index in [1.165, 1.54) is 16.8 Å². The first-order valence-corrected chi connectivity index (χ1v) is 13.8. The summed E-state index contributed by atoms with van der Waals surface area (Å²) in [6.45, 7) is 3.54. The summed E-state index contributed by atoms with van der Waals surface area (Å²) in [5, 5.41) is 6.82. The predicted octanol–water partition coefficient (Wildman–Crippen LogP) is 6.71. The van der Waals surface area contributed by atoms with Crippen LogP contribution in [0, 0.1) is 19.7 Å². The Morgan fingerprint density at radius 2 is 1.81 bits per heavy atom. The summed E-state index contributed by atoms with van der Waals surface area (Å²) >= 11 is 0. The van der Waals surface area contributed by atoms with Gasteiger partial charge < -0.3 is 10.1 Å². The van der Waals surface area contributed by atoms with Gasteiger partial charge in [-0.3, -0.25) is 14.5 Å². The van der Waals surface area contributed by atoms with Gasteiger partial charge in [-0.25, -0.2) is 4.39 Å². The van der Waals surface area contributed by atoms with E-state index in [0.29, 0.717) is 35.5 Å². The lowest BCUT2D eigenvalue weighted by atomic mass is 9.90. The molecule has 0 spiro atoms. The molecule has 1 N–H and O–H groups in total. The Labute approximate surface area is 241 Å². The SMILES string of the molecule is COc1cc(C)c(-c2cccnc2C(Cc2cccc(F)c2)NC(=O)Cn2nc(C(F)(F)F)c3c2CCCC3)c(C)c1. The van der Waals surface area contributed by atoms with Crippen molar-refractivity contribution < 1.29 is 27.1 Å². The number of benzene rings is 2. The zero-order valence-electron chi connectivity index (χ0n) is 23.7. The molecule has 5 rings (SSSR count). The van der Waals surface area contributed by atoms with Gasteiger partial charge in [0.25, 0.3) is 0 Å². The normalized spacial score (nSPS) is 13.9. The van der Waals surface area contributed by atoms with Gasteiger partial charge in [-0.1, -0.05) is 18.2 Å². The zero-order valence-corrected chi connectivity index (χ0v) is 23.7. The van der Waals surface area contributed by atoms with Crippen molar-refractivity contribution in [1.29, 1.82) is 0 Å². The third-order valence-corrected chi connectivity index (χ3v) is 7.66. The molecule has 0 fully saturated rings. The number of aryl methyl sites for hydroxylation is 2. The minimum atomic E-state index is -4.60. The van der Waals surface area contributed by atoms with E-state index in [1.54, 1.807) is 31.5 Å². The molecular formula is C32H32F4N4O2. The summed E-state index contributed by atoms with van der Waals surface area (Å²) in [5.41, 5.74) is 4.50. The monoisotopic (exact) mass is 580 g/mol. The van der Waals surface area contributed by atoms with Crippen LogP contribution < -0.4 is 10.1 Å². The smallest absolute Gasteiger partial charge is 0.435 e. The van der Waals surface area contributed by atoms with E-state index >= 15 is 0 Å². The van der Waals surface area contributed by atoms with Crippen molar-refractivity contribution in [1.82, 2.24) is 20.1 Å². The van der Waals surface area contributed by atoms with Crippen LogP contribution >= 0.6 is 0 Å². The van der Waals surface area contributed by atoms with Gasteiger partial charge in [-0.2, -0.15) is 18.3 Å². The molecule has 10 heteroatoms. The van der Waals surface area contributed by atoms with Crippen LogP contribution in [-0.2, 0) is 36.8 Å². The lowest BCUT2D eigenvalue weighted by molar-refractivity contribution is -0.142. The largest absolute Gasteiger partial charge is 0.497 e. The standard InChI is InChI=1S/C32H32F4N4O2/c1-19-14-23(42-3)15-20(2)29(19)25-11-7-13-37-30(25)26(17-21-8-6-9-22(33)16-21)38-28(41)18-40-27-12-5-4-10-24(27)31(39-40)32(34,35)36/h6-9,11,13-16,26H,4-5,10,12,17-18H2,1-3H3,(H,38,41). The van der Waals surface area contributed by atoms with Crippen LogP contribution in [0.25, 0.3) is 11.1 Å². The van der Waals surface area contributed by atoms with E-state index in [2.05, 4.69) is 15.4 Å². The molecule has 0 aliphatic heterocycles. The van der Waals surface area contributed by atoms with Crippen LogP contribution in [0.2, 0.25) is 0 Å². The molecule has 42 heavy (non-hydrogen) atoms. The molecule has 1 aliphatic rings. The van der Waals surface area contributed by atoms with Crippen LogP contribution in [-0.4, -0.2) is 27.8 Å². The molecule has 0 bridgehead atoms. The van der Waals surface area contributed by atoms with Gasteiger partial charge in [-0.05, 0) is 98.5 Å². The van der Waals surface area contributed by atoms with E-state index in [1.807, 2.05) is 32.0 Å². The number of hydrogen-bond donors (Lipinski definition) is 1. The minimum absolute atomic E-state index is 0.176. The van der Waals surface area contributed by atoms with E-state index in [9.17, 15) is 22.4 Å². The molecule has 2 aromatic heterocycles. The molecule has 2 heterocycles. The van der Waals surface area contributed by atoms with Crippen LogP contribution in [0.3, 0.4) is 0 Å². The maximum absolute atomic E-state index is 14.1. The quantitative estimate of drug-likeness (QED) is 0.235. The Kier molecular flexibility index (Phi) is 8.34. The molecule has 220 valence electrons. The molecule has 0 saturated heterocycles. The Bertz CT molecular complexity index is 1590. The van der Waals surface area contributed by atoms with Gasteiger partial charge in [0.1, 0.15) is 18.1 Å². The number of carbonyl (C=O) groups excluding carboxylic acids is 1. The molecule has 0 radical (unpaired) electrons. The predicted molar refractivity (Wildman–Crippen MR) is 151 cm³/mol. The van der Waals surface area contributed by atoms with Crippen LogP contribution in [0.5, 0.6) is 5.75 Å². The molecule has 1 atom stereocenters. The fourth-order valence-corrected chi connectivity index (χ4v) is 5.89. The highest BCUT2D eigenvalue weighted by Gasteiger charge is 2.39. The van der Waals surface area contributed by atoms with Gasteiger partial charge in [-0.15, -0.1) is 0 Å². The number of fused-ring (bicyclic) bond motifs is 1. The average molecular weight is 581 g/mol. The third kappa shape index (κ3) is 6.17. The Hall–Kier alpha value is -4.21. The number of hydrogen-bond acceptors (Lipinski definition) is 4. The fourth-order valence-electron chi connectivity index (χ4n) is 5.89. The number of rotatable bonds is 8. The lowest BCUT2D eigenvalue weighted by Crippen LogP contribution is -2.34. The fraction of sp³-hybridized carbons (Fsp3) is 0.344. The molecule has 2 aromatic carbocycles. The highest BCUT2D eigenvalue weighted by atomic mass is 19.4. The molecule has 6 nitrogen and oxygen atoms in total. The number of nitrogens with zero attached hydrogens (tertiary/aromatic N) is 3. The first-order chi connectivity index (χ1) is 20.0. The molecule has 0 saturated carbocycles. The van der Waals surface area contributed by atoms with Gasteiger partial charge in [0, 0.05) is 23.0 Å². The number of aromatic nitrogens is 3. The van der Waals surface area contributed by atoms with E-state index in [0.717, 1.165) is 28.7 Å². The van der Waals surface area contributed by atoms with Gasteiger partial charge in [0.15, 0.2) is 5.69 Å². The Morgan fingerprint density at radius 1 is 1.07 bits per heavy atom. The van der Waals surface area contributed by atoms with E-state index < -0.39 is 29.6 Å². The second-order valence-corrected chi connectivity index (χ2v) is 10.7. The third-order valence-electron chi connectivity index (χ3n) is 7.66. The number of alkyl halides is 3. The van der Waals surface area contributed by atoms with E-state index in [-0.39, 0.29) is 24.9 Å². The maximum Gasteiger partial charge on any atom is 0.435 e. The summed E-state index contributed by atoms with van der Waals surface area (Å²) in [7, 11) is 1.60. The number of ether oxygens (including phenoxy) is 1. The number of pyridine rings is 1. The van der Waals surface area contributed by atoms with Crippen molar-refractivity contribution in [3.63, 3.8) is 0 Å². The van der Waals surface area contributed by atoms with Gasteiger partial charge >= 0.3 is 6.18 Å². The molecule has 4 aromatic rings. The van der Waals surface area contributed by atoms with Crippen LogP contribution in [0.15, 0.2) is 54.7 Å². The first-order valence-electron chi connectivity index (χ1n) is 13.8. The van der Waals surface area contributed by atoms with Crippen molar-refractivity contribution in [2.24, 2.45) is 0 Å². The highest BCUT2D eigenvalue weighted by Crippen LogP contribution is 2.37. The Morgan fingerprint density at radius 3 is 2.50 bits per heavy atom. The summed E-state index contributed by atoms with van der Waals surface area (Å²) in [6.07, 6.45) is -0.664. The van der Waals surface area contributed by atoms with Crippen molar-refractivity contribution >= 4 is 5.91 Å². The lowest BCUT2D eigenvalue weighted by Gasteiger charge is -2.23. The van der Waals surface area contributed by atoms with Crippen molar-refractivity contribution in [2.75, 3.05) is 7.11 Å². The summed E-state index contributed by atoms with van der Waals surface area (Å²) < 4.78 is 61.9. The molecular weight excluding hydrogens is 548 g/mol. The number of methoxy groups -OCH3 is 1. The van der Waals surface area contributed by atoms with Gasteiger partial charge in [0.2, 0.25) is 5.91 Å². The maximum atomic E-state index is 14.1.